The van der Waals surface area contributed by atoms with Crippen molar-refractivity contribution in [1.82, 2.24) is 5.32 Å². The predicted octanol–water partition coefficient (Wildman–Crippen LogP) is 1.13. The van der Waals surface area contributed by atoms with Gasteiger partial charge in [0.15, 0.2) is 0 Å². The third-order valence-electron chi connectivity index (χ3n) is 4.57. The summed E-state index contributed by atoms with van der Waals surface area (Å²) in [6.45, 7) is 3.81. The number of amides is 1. The first kappa shape index (κ1) is 16.3. The van der Waals surface area contributed by atoms with E-state index in [1.54, 1.807) is 0 Å². The minimum Gasteiger partial charge on any atom is -0.390 e. The van der Waals surface area contributed by atoms with E-state index in [9.17, 15) is 13.6 Å². The Labute approximate surface area is 112 Å². The molecule has 4 N–H and O–H groups in total. The SMILES string of the molecule is CC1C(N)CCC(C(=O)NCC(F)(F)CO)C1(C)C. The highest BCUT2D eigenvalue weighted by Crippen LogP contribution is 2.44. The van der Waals surface area contributed by atoms with Crippen molar-refractivity contribution in [2.75, 3.05) is 13.2 Å². The van der Waals surface area contributed by atoms with Crippen molar-refractivity contribution < 1.29 is 18.7 Å². The molecule has 0 aromatic heterocycles. The number of nitrogens with two attached hydrogens (primary N) is 1. The highest BCUT2D eigenvalue weighted by atomic mass is 19.3. The van der Waals surface area contributed by atoms with Crippen LogP contribution >= 0.6 is 0 Å². The standard InChI is InChI=1S/C13H24F2N2O2/c1-8-10(16)5-4-9(12(8,2)3)11(19)17-6-13(14,15)7-18/h8-10,18H,4-7,16H2,1-3H3,(H,17,19). The fourth-order valence-electron chi connectivity index (χ4n) is 2.71. The van der Waals surface area contributed by atoms with Crippen LogP contribution in [0.1, 0.15) is 33.6 Å². The van der Waals surface area contributed by atoms with Crippen molar-refractivity contribution in [3.8, 4) is 0 Å². The van der Waals surface area contributed by atoms with Gasteiger partial charge in [-0.05, 0) is 24.2 Å². The largest absolute Gasteiger partial charge is 0.390 e. The van der Waals surface area contributed by atoms with Crippen molar-refractivity contribution in [3.05, 3.63) is 0 Å². The molecule has 19 heavy (non-hydrogen) atoms. The zero-order valence-electron chi connectivity index (χ0n) is 11.7. The molecule has 0 spiro atoms. The molecule has 0 saturated heterocycles. The summed E-state index contributed by atoms with van der Waals surface area (Å²) in [4.78, 5) is 12.1. The van der Waals surface area contributed by atoms with Gasteiger partial charge in [0, 0.05) is 12.0 Å². The maximum absolute atomic E-state index is 12.9. The van der Waals surface area contributed by atoms with Crippen LogP contribution in [0.25, 0.3) is 0 Å². The maximum Gasteiger partial charge on any atom is 0.287 e. The quantitative estimate of drug-likeness (QED) is 0.721. The molecule has 0 radical (unpaired) electrons. The number of hydrogen-bond donors (Lipinski definition) is 3. The molecule has 0 heterocycles. The summed E-state index contributed by atoms with van der Waals surface area (Å²) in [7, 11) is 0. The molecule has 0 aromatic rings. The van der Waals surface area contributed by atoms with Crippen LogP contribution in [0, 0.1) is 17.3 Å². The summed E-state index contributed by atoms with van der Waals surface area (Å²) in [5.74, 6) is -3.82. The van der Waals surface area contributed by atoms with E-state index in [4.69, 9.17) is 10.8 Å². The van der Waals surface area contributed by atoms with E-state index >= 15 is 0 Å². The lowest BCUT2D eigenvalue weighted by atomic mass is 9.61. The zero-order chi connectivity index (χ0) is 14.8. The Morgan fingerprint density at radius 2 is 2.05 bits per heavy atom. The van der Waals surface area contributed by atoms with Crippen LogP contribution in [0.15, 0.2) is 0 Å². The molecule has 1 fully saturated rings. The molecule has 0 bridgehead atoms. The van der Waals surface area contributed by atoms with Gasteiger partial charge in [-0.1, -0.05) is 20.8 Å². The number of carbonyl (C=O) groups excluding carboxylic acids is 1. The Balaban J connectivity index is 2.67. The number of hydrogen-bond acceptors (Lipinski definition) is 3. The summed E-state index contributed by atoms with van der Waals surface area (Å²) in [6, 6.07) is 0.0398. The Kier molecular flexibility index (Phi) is 4.90. The number of aliphatic hydroxyl groups excluding tert-OH is 1. The highest BCUT2D eigenvalue weighted by molar-refractivity contribution is 5.79. The minimum absolute atomic E-state index is 0.0398. The van der Waals surface area contributed by atoms with Gasteiger partial charge < -0.3 is 16.2 Å². The van der Waals surface area contributed by atoms with E-state index in [0.717, 1.165) is 6.42 Å². The molecule has 1 aliphatic carbocycles. The summed E-state index contributed by atoms with van der Waals surface area (Å²) >= 11 is 0. The van der Waals surface area contributed by atoms with Crippen LogP contribution in [0.5, 0.6) is 0 Å². The smallest absolute Gasteiger partial charge is 0.287 e. The second-order valence-electron chi connectivity index (χ2n) is 6.14. The molecule has 1 rings (SSSR count). The van der Waals surface area contributed by atoms with Crippen molar-refractivity contribution in [2.45, 2.75) is 45.6 Å². The fraction of sp³-hybridized carbons (Fsp3) is 0.923. The number of halogens is 2. The second-order valence-corrected chi connectivity index (χ2v) is 6.14. The molecule has 3 unspecified atom stereocenters. The summed E-state index contributed by atoms with van der Waals surface area (Å²) in [5.41, 5.74) is 5.67. The van der Waals surface area contributed by atoms with Crippen molar-refractivity contribution in [1.29, 1.82) is 0 Å². The van der Waals surface area contributed by atoms with Crippen LogP contribution in [0.4, 0.5) is 8.78 Å². The van der Waals surface area contributed by atoms with E-state index in [2.05, 4.69) is 5.32 Å². The normalized spacial score (nSPS) is 31.0. The number of carbonyl (C=O) groups is 1. The monoisotopic (exact) mass is 278 g/mol. The Morgan fingerprint density at radius 1 is 1.47 bits per heavy atom. The molecule has 1 aliphatic rings. The molecule has 6 heteroatoms. The fourth-order valence-corrected chi connectivity index (χ4v) is 2.71. The minimum atomic E-state index is -3.27. The molecule has 1 amide bonds. The van der Waals surface area contributed by atoms with Crippen LogP contribution in [-0.2, 0) is 4.79 Å². The molecule has 4 nitrogen and oxygen atoms in total. The van der Waals surface area contributed by atoms with E-state index in [-0.39, 0.29) is 29.2 Å². The van der Waals surface area contributed by atoms with Gasteiger partial charge in [0.25, 0.3) is 5.92 Å². The van der Waals surface area contributed by atoms with Crippen LogP contribution < -0.4 is 11.1 Å². The Morgan fingerprint density at radius 3 is 2.58 bits per heavy atom. The third-order valence-corrected chi connectivity index (χ3v) is 4.57. The number of rotatable bonds is 4. The van der Waals surface area contributed by atoms with Gasteiger partial charge in [0.1, 0.15) is 6.61 Å². The van der Waals surface area contributed by atoms with Crippen molar-refractivity contribution in [2.24, 2.45) is 23.0 Å². The first-order valence-corrected chi connectivity index (χ1v) is 6.64. The Hall–Kier alpha value is -0.750. The molecule has 3 atom stereocenters. The van der Waals surface area contributed by atoms with Crippen molar-refractivity contribution in [3.63, 3.8) is 0 Å². The first-order chi connectivity index (χ1) is 8.62. The number of alkyl halides is 2. The molecule has 0 aliphatic heterocycles. The van der Waals surface area contributed by atoms with E-state index in [1.807, 2.05) is 20.8 Å². The summed E-state index contributed by atoms with van der Waals surface area (Å²) in [6.07, 6.45) is 1.33. The van der Waals surface area contributed by atoms with Gasteiger partial charge in [-0.25, -0.2) is 8.78 Å². The number of nitrogens with one attached hydrogen (secondary N) is 1. The highest BCUT2D eigenvalue weighted by Gasteiger charge is 2.45. The number of aliphatic hydroxyl groups is 1. The second kappa shape index (κ2) is 5.71. The lowest BCUT2D eigenvalue weighted by Crippen LogP contribution is -2.52. The lowest BCUT2D eigenvalue weighted by Gasteiger charge is -2.46. The average Bonchev–Trinajstić information content (AvgIpc) is 2.33. The van der Waals surface area contributed by atoms with E-state index in [0.29, 0.717) is 6.42 Å². The van der Waals surface area contributed by atoms with Gasteiger partial charge in [-0.3, -0.25) is 4.79 Å². The van der Waals surface area contributed by atoms with Crippen LogP contribution in [0.3, 0.4) is 0 Å². The molecule has 112 valence electrons. The van der Waals surface area contributed by atoms with E-state index < -0.39 is 19.1 Å². The molecular formula is C13H24F2N2O2. The lowest BCUT2D eigenvalue weighted by molar-refractivity contribution is -0.135. The summed E-state index contributed by atoms with van der Waals surface area (Å²) < 4.78 is 25.9. The Bertz CT molecular complexity index is 335. The van der Waals surface area contributed by atoms with Gasteiger partial charge in [0.05, 0.1) is 6.54 Å². The van der Waals surface area contributed by atoms with Gasteiger partial charge in [-0.2, -0.15) is 0 Å². The third kappa shape index (κ3) is 3.63. The van der Waals surface area contributed by atoms with Gasteiger partial charge in [0.2, 0.25) is 5.91 Å². The van der Waals surface area contributed by atoms with Gasteiger partial charge >= 0.3 is 0 Å². The zero-order valence-corrected chi connectivity index (χ0v) is 11.7. The van der Waals surface area contributed by atoms with Crippen molar-refractivity contribution >= 4 is 5.91 Å². The topological polar surface area (TPSA) is 75.4 Å². The molecule has 0 aromatic carbocycles. The van der Waals surface area contributed by atoms with Crippen LogP contribution in [0.2, 0.25) is 0 Å². The maximum atomic E-state index is 12.9. The molecule has 1 saturated carbocycles. The first-order valence-electron chi connectivity index (χ1n) is 6.64. The van der Waals surface area contributed by atoms with Gasteiger partial charge in [-0.15, -0.1) is 0 Å². The average molecular weight is 278 g/mol. The molecular weight excluding hydrogens is 254 g/mol. The predicted molar refractivity (Wildman–Crippen MR) is 68.7 cm³/mol. The van der Waals surface area contributed by atoms with E-state index in [1.165, 1.54) is 0 Å². The van der Waals surface area contributed by atoms with Crippen LogP contribution in [-0.4, -0.2) is 36.1 Å². The summed E-state index contributed by atoms with van der Waals surface area (Å²) in [5, 5.41) is 10.7.